The van der Waals surface area contributed by atoms with Crippen molar-refractivity contribution in [2.75, 3.05) is 6.54 Å². The van der Waals surface area contributed by atoms with E-state index in [1.165, 1.54) is 5.38 Å². The van der Waals surface area contributed by atoms with Crippen LogP contribution in [0.3, 0.4) is 0 Å². The minimum absolute atomic E-state index is 0.233. The van der Waals surface area contributed by atoms with E-state index >= 15 is 0 Å². The Morgan fingerprint density at radius 2 is 2.55 bits per heavy atom. The molecule has 1 N–H and O–H groups in total. The lowest BCUT2D eigenvalue weighted by atomic mass is 10.6. The summed E-state index contributed by atoms with van der Waals surface area (Å²) in [4.78, 5) is 14.4. The van der Waals surface area contributed by atoms with Gasteiger partial charge in [-0.2, -0.15) is 4.98 Å². The van der Waals surface area contributed by atoms with E-state index in [-0.39, 0.29) is 16.8 Å². The molecule has 0 aliphatic heterocycles. The van der Waals surface area contributed by atoms with Crippen LogP contribution in [0.2, 0.25) is 0 Å². The highest BCUT2D eigenvalue weighted by molar-refractivity contribution is 7.11. The standard InChI is InChI=1S/C6H7N2O2S/c1-2-7-5(10)6-8-4(9)3-11-6/h3H,2H2,1H3,(H,7,10). The van der Waals surface area contributed by atoms with Crippen LogP contribution in [0.25, 0.3) is 0 Å². The highest BCUT2D eigenvalue weighted by Crippen LogP contribution is 2.14. The van der Waals surface area contributed by atoms with Gasteiger partial charge < -0.3 is 5.32 Å². The summed E-state index contributed by atoms with van der Waals surface area (Å²) in [6.45, 7) is 2.36. The zero-order chi connectivity index (χ0) is 8.27. The zero-order valence-electron chi connectivity index (χ0n) is 5.96. The van der Waals surface area contributed by atoms with E-state index in [1.54, 1.807) is 0 Å². The number of rotatable bonds is 2. The van der Waals surface area contributed by atoms with Crippen molar-refractivity contribution in [1.29, 1.82) is 0 Å². The van der Waals surface area contributed by atoms with E-state index in [9.17, 15) is 9.90 Å². The third kappa shape index (κ3) is 1.91. The molecular weight excluding hydrogens is 164 g/mol. The molecule has 0 saturated heterocycles. The highest BCUT2D eigenvalue weighted by atomic mass is 32.1. The molecule has 0 aliphatic rings. The first kappa shape index (κ1) is 8.00. The van der Waals surface area contributed by atoms with Gasteiger partial charge in [-0.25, -0.2) is 0 Å². The lowest BCUT2D eigenvalue weighted by Gasteiger charge is -1.94. The summed E-state index contributed by atoms with van der Waals surface area (Å²) >= 11 is 1.06. The van der Waals surface area contributed by atoms with E-state index in [0.29, 0.717) is 6.54 Å². The van der Waals surface area contributed by atoms with Crippen LogP contribution in [-0.4, -0.2) is 17.4 Å². The average Bonchev–Trinajstić information content (AvgIpc) is 2.36. The third-order valence-electron chi connectivity index (χ3n) is 1.01. The summed E-state index contributed by atoms with van der Waals surface area (Å²) in [7, 11) is 0. The van der Waals surface area contributed by atoms with Crippen LogP contribution < -0.4 is 5.32 Å². The number of hydrogen-bond acceptors (Lipinski definition) is 3. The minimum Gasteiger partial charge on any atom is -0.350 e. The highest BCUT2D eigenvalue weighted by Gasteiger charge is 2.09. The van der Waals surface area contributed by atoms with Gasteiger partial charge in [-0.05, 0) is 6.92 Å². The van der Waals surface area contributed by atoms with Crippen molar-refractivity contribution < 1.29 is 9.90 Å². The lowest BCUT2D eigenvalue weighted by molar-refractivity contribution is 0.0954. The second-order valence-electron chi connectivity index (χ2n) is 1.85. The molecule has 0 unspecified atom stereocenters. The average molecular weight is 171 g/mol. The van der Waals surface area contributed by atoms with Crippen LogP contribution >= 0.6 is 11.3 Å². The number of thiazole rings is 1. The lowest BCUT2D eigenvalue weighted by Crippen LogP contribution is -2.22. The van der Waals surface area contributed by atoms with E-state index in [2.05, 4.69) is 10.3 Å². The van der Waals surface area contributed by atoms with Crippen molar-refractivity contribution in [3.05, 3.63) is 10.4 Å². The van der Waals surface area contributed by atoms with Gasteiger partial charge in [0.15, 0.2) is 5.01 Å². The minimum atomic E-state index is -0.351. The number of hydrogen-bond donors (Lipinski definition) is 1. The van der Waals surface area contributed by atoms with Gasteiger partial charge in [0.2, 0.25) is 0 Å². The van der Waals surface area contributed by atoms with Crippen LogP contribution in [0, 0.1) is 0 Å². The first-order valence-corrected chi connectivity index (χ1v) is 4.02. The molecule has 1 aromatic heterocycles. The first-order valence-electron chi connectivity index (χ1n) is 3.14. The van der Waals surface area contributed by atoms with Gasteiger partial charge in [0, 0.05) is 6.54 Å². The molecule has 11 heavy (non-hydrogen) atoms. The molecule has 1 amide bonds. The van der Waals surface area contributed by atoms with Crippen LogP contribution in [-0.2, 0) is 5.11 Å². The fourth-order valence-corrected chi connectivity index (χ4v) is 1.19. The number of carbonyl (C=O) groups is 1. The van der Waals surface area contributed by atoms with Crippen molar-refractivity contribution in [1.82, 2.24) is 10.3 Å². The Bertz CT molecular complexity index is 259. The van der Waals surface area contributed by atoms with Gasteiger partial charge in [0.1, 0.15) is 0 Å². The molecule has 0 bridgehead atoms. The van der Waals surface area contributed by atoms with Crippen molar-refractivity contribution >= 4 is 17.2 Å². The molecule has 1 rings (SSSR count). The monoisotopic (exact) mass is 171 g/mol. The van der Waals surface area contributed by atoms with Gasteiger partial charge in [0.25, 0.3) is 11.8 Å². The number of carbonyl (C=O) groups excluding carboxylic acids is 1. The van der Waals surface area contributed by atoms with Gasteiger partial charge >= 0.3 is 0 Å². The summed E-state index contributed by atoms with van der Waals surface area (Å²) in [6.07, 6.45) is 0. The second kappa shape index (κ2) is 3.34. The Kier molecular flexibility index (Phi) is 2.43. The second-order valence-corrected chi connectivity index (χ2v) is 2.71. The largest absolute Gasteiger partial charge is 0.350 e. The van der Waals surface area contributed by atoms with E-state index < -0.39 is 0 Å². The first-order chi connectivity index (χ1) is 5.24. The fourth-order valence-electron chi connectivity index (χ4n) is 0.599. The maximum absolute atomic E-state index is 11.0. The zero-order valence-corrected chi connectivity index (χ0v) is 6.77. The maximum atomic E-state index is 11.0. The molecule has 4 nitrogen and oxygen atoms in total. The molecule has 0 atom stereocenters. The molecule has 0 aliphatic carbocycles. The normalized spacial score (nSPS) is 9.55. The molecule has 0 saturated carbocycles. The molecule has 1 radical (unpaired) electrons. The molecule has 59 valence electrons. The number of aromatic nitrogens is 1. The third-order valence-corrected chi connectivity index (χ3v) is 1.83. The molecule has 0 fully saturated rings. The van der Waals surface area contributed by atoms with Crippen molar-refractivity contribution in [2.45, 2.75) is 6.92 Å². The molecular formula is C6H7N2O2S. The SMILES string of the molecule is CCNC(=O)c1nc([O])cs1. The van der Waals surface area contributed by atoms with Gasteiger partial charge in [-0.1, -0.05) is 0 Å². The number of amides is 1. The van der Waals surface area contributed by atoms with Crippen molar-refractivity contribution in [3.63, 3.8) is 0 Å². The van der Waals surface area contributed by atoms with Gasteiger partial charge in [-0.15, -0.1) is 11.3 Å². The predicted octanol–water partition coefficient (Wildman–Crippen LogP) is 1.04. The van der Waals surface area contributed by atoms with Crippen LogP contribution in [0.4, 0.5) is 0 Å². The topological polar surface area (TPSA) is 61.9 Å². The summed E-state index contributed by atoms with van der Waals surface area (Å²) in [5, 5.41) is 14.6. The Morgan fingerprint density at radius 1 is 1.82 bits per heavy atom. The van der Waals surface area contributed by atoms with Crippen LogP contribution in [0.1, 0.15) is 16.7 Å². The quantitative estimate of drug-likeness (QED) is 0.722. The van der Waals surface area contributed by atoms with Gasteiger partial charge in [-0.3, -0.25) is 9.90 Å². The maximum Gasteiger partial charge on any atom is 0.281 e. The summed E-state index contributed by atoms with van der Waals surface area (Å²) in [6, 6.07) is 0. The van der Waals surface area contributed by atoms with Crippen molar-refractivity contribution in [3.8, 4) is 5.88 Å². The fraction of sp³-hybridized carbons (Fsp3) is 0.333. The van der Waals surface area contributed by atoms with Gasteiger partial charge in [0.05, 0.1) is 5.38 Å². The van der Waals surface area contributed by atoms with E-state index in [1.807, 2.05) is 6.92 Å². The summed E-state index contributed by atoms with van der Waals surface area (Å²) in [5.74, 6) is -0.629. The van der Waals surface area contributed by atoms with Crippen LogP contribution in [0.15, 0.2) is 5.38 Å². The molecule has 1 aromatic rings. The summed E-state index contributed by atoms with van der Waals surface area (Å²) in [5.41, 5.74) is 0. The summed E-state index contributed by atoms with van der Waals surface area (Å²) < 4.78 is 0. The Morgan fingerprint density at radius 3 is 3.00 bits per heavy atom. The number of nitrogens with one attached hydrogen (secondary N) is 1. The predicted molar refractivity (Wildman–Crippen MR) is 40.3 cm³/mol. The van der Waals surface area contributed by atoms with E-state index in [0.717, 1.165) is 11.3 Å². The molecule has 1 heterocycles. The smallest absolute Gasteiger partial charge is 0.281 e. The van der Waals surface area contributed by atoms with Crippen molar-refractivity contribution in [2.24, 2.45) is 0 Å². The van der Waals surface area contributed by atoms with E-state index in [4.69, 9.17) is 0 Å². The Hall–Kier alpha value is -1.10. The molecule has 0 spiro atoms. The molecule has 0 aromatic carbocycles. The molecule has 5 heteroatoms. The Labute approximate surface area is 67.9 Å². The van der Waals surface area contributed by atoms with Crippen LogP contribution in [0.5, 0.6) is 5.88 Å². The Balaban J connectivity index is 2.69. The number of nitrogens with zero attached hydrogens (tertiary/aromatic N) is 1.